The van der Waals surface area contributed by atoms with Crippen LogP contribution in [0.25, 0.3) is 0 Å². The zero-order valence-electron chi connectivity index (χ0n) is 12.0. The Morgan fingerprint density at radius 1 is 1.52 bits per heavy atom. The molecule has 2 aromatic rings. The van der Waals surface area contributed by atoms with Crippen LogP contribution in [0.4, 0.5) is 5.69 Å². The van der Waals surface area contributed by atoms with Gasteiger partial charge in [-0.15, -0.1) is 0 Å². The number of nitrogens with two attached hydrogens (primary N) is 1. The molecule has 112 valence electrons. The van der Waals surface area contributed by atoms with E-state index in [1.54, 1.807) is 24.7 Å². The molecule has 1 unspecified atom stereocenters. The third-order valence-corrected chi connectivity index (χ3v) is 2.91. The number of hydrogen-bond acceptors (Lipinski definition) is 4. The van der Waals surface area contributed by atoms with Gasteiger partial charge >= 0.3 is 0 Å². The first kappa shape index (κ1) is 14.9. The summed E-state index contributed by atoms with van der Waals surface area (Å²) < 4.78 is 7.41. The molecule has 1 amide bonds. The van der Waals surface area contributed by atoms with Crippen molar-refractivity contribution < 1.29 is 9.53 Å². The van der Waals surface area contributed by atoms with Crippen molar-refractivity contribution in [2.45, 2.75) is 25.9 Å². The number of ether oxygens (including phenoxy) is 1. The summed E-state index contributed by atoms with van der Waals surface area (Å²) in [5.74, 6) is 0.640. The van der Waals surface area contributed by atoms with Gasteiger partial charge in [-0.1, -0.05) is 6.07 Å². The van der Waals surface area contributed by atoms with E-state index in [0.717, 1.165) is 0 Å². The monoisotopic (exact) mass is 288 g/mol. The van der Waals surface area contributed by atoms with Crippen molar-refractivity contribution >= 4 is 11.6 Å². The normalized spacial score (nSPS) is 11.9. The van der Waals surface area contributed by atoms with Gasteiger partial charge < -0.3 is 20.4 Å². The average molecular weight is 288 g/mol. The molecule has 1 atom stereocenters. The molecule has 0 aliphatic carbocycles. The predicted octanol–water partition coefficient (Wildman–Crippen LogP) is 1.44. The van der Waals surface area contributed by atoms with Crippen LogP contribution in [0.1, 0.15) is 13.3 Å². The predicted molar refractivity (Wildman–Crippen MR) is 80.8 cm³/mol. The molecule has 0 radical (unpaired) electrons. The molecule has 3 N–H and O–H groups in total. The number of imidazole rings is 1. The second kappa shape index (κ2) is 7.33. The molecule has 2 rings (SSSR count). The summed E-state index contributed by atoms with van der Waals surface area (Å²) in [7, 11) is 0. The molecule has 1 aromatic heterocycles. The summed E-state index contributed by atoms with van der Waals surface area (Å²) in [5.41, 5.74) is 6.30. The SMILES string of the molecule is CC(Cn1ccnc1)NC(=O)CCOc1cccc(N)c1. The third-order valence-electron chi connectivity index (χ3n) is 2.91. The van der Waals surface area contributed by atoms with E-state index in [2.05, 4.69) is 10.3 Å². The fourth-order valence-corrected chi connectivity index (χ4v) is 1.97. The minimum Gasteiger partial charge on any atom is -0.493 e. The second-order valence-electron chi connectivity index (χ2n) is 4.90. The fourth-order valence-electron chi connectivity index (χ4n) is 1.97. The lowest BCUT2D eigenvalue weighted by atomic mass is 10.3. The Kier molecular flexibility index (Phi) is 5.20. The van der Waals surface area contributed by atoms with Crippen LogP contribution in [0.3, 0.4) is 0 Å². The average Bonchev–Trinajstić information content (AvgIpc) is 2.91. The van der Waals surface area contributed by atoms with Gasteiger partial charge in [-0.05, 0) is 19.1 Å². The summed E-state index contributed by atoms with van der Waals surface area (Å²) in [5, 5.41) is 2.92. The maximum atomic E-state index is 11.8. The smallest absolute Gasteiger partial charge is 0.223 e. The van der Waals surface area contributed by atoms with Crippen molar-refractivity contribution in [3.63, 3.8) is 0 Å². The van der Waals surface area contributed by atoms with Gasteiger partial charge in [0.25, 0.3) is 0 Å². The highest BCUT2D eigenvalue weighted by Crippen LogP contribution is 2.14. The topological polar surface area (TPSA) is 82.2 Å². The van der Waals surface area contributed by atoms with E-state index in [9.17, 15) is 4.79 Å². The molecular formula is C15H20N4O2. The van der Waals surface area contributed by atoms with E-state index in [-0.39, 0.29) is 11.9 Å². The van der Waals surface area contributed by atoms with Crippen LogP contribution in [0.15, 0.2) is 43.0 Å². The summed E-state index contributed by atoms with van der Waals surface area (Å²) >= 11 is 0. The van der Waals surface area contributed by atoms with Gasteiger partial charge in [0.15, 0.2) is 0 Å². The summed E-state index contributed by atoms with van der Waals surface area (Å²) in [6.45, 7) is 2.98. The van der Waals surface area contributed by atoms with Gasteiger partial charge in [0.05, 0.1) is 19.4 Å². The highest BCUT2D eigenvalue weighted by molar-refractivity contribution is 5.76. The number of anilines is 1. The zero-order valence-corrected chi connectivity index (χ0v) is 12.0. The third kappa shape index (κ3) is 5.18. The van der Waals surface area contributed by atoms with Gasteiger partial charge in [-0.25, -0.2) is 4.98 Å². The van der Waals surface area contributed by atoms with Crippen LogP contribution in [0, 0.1) is 0 Å². The van der Waals surface area contributed by atoms with Gasteiger partial charge in [0.1, 0.15) is 5.75 Å². The molecule has 6 nitrogen and oxygen atoms in total. The van der Waals surface area contributed by atoms with E-state index in [1.165, 1.54) is 0 Å². The molecule has 21 heavy (non-hydrogen) atoms. The Balaban J connectivity index is 1.67. The molecule has 0 aliphatic heterocycles. The Morgan fingerprint density at radius 2 is 2.38 bits per heavy atom. The van der Waals surface area contributed by atoms with Gasteiger partial charge in [0.2, 0.25) is 5.91 Å². The number of hydrogen-bond donors (Lipinski definition) is 2. The fraction of sp³-hybridized carbons (Fsp3) is 0.333. The van der Waals surface area contributed by atoms with Crippen LogP contribution in [-0.4, -0.2) is 28.1 Å². The molecule has 0 bridgehead atoms. The highest BCUT2D eigenvalue weighted by Gasteiger charge is 2.08. The number of carbonyl (C=O) groups excluding carboxylic acids is 1. The number of benzene rings is 1. The first-order valence-corrected chi connectivity index (χ1v) is 6.87. The van der Waals surface area contributed by atoms with Crippen molar-refractivity contribution in [2.24, 2.45) is 0 Å². The standard InChI is InChI=1S/C15H20N4O2/c1-12(10-19-7-6-17-11-19)18-15(20)5-8-21-14-4-2-3-13(16)9-14/h2-4,6-7,9,11-12H,5,8,10,16H2,1H3,(H,18,20). The number of nitrogens with one attached hydrogen (secondary N) is 1. The first-order chi connectivity index (χ1) is 10.1. The van der Waals surface area contributed by atoms with E-state index >= 15 is 0 Å². The molecule has 0 spiro atoms. The molecule has 0 saturated carbocycles. The van der Waals surface area contributed by atoms with E-state index in [1.807, 2.05) is 29.8 Å². The quantitative estimate of drug-likeness (QED) is 0.755. The number of amides is 1. The largest absolute Gasteiger partial charge is 0.493 e. The Morgan fingerprint density at radius 3 is 3.10 bits per heavy atom. The first-order valence-electron chi connectivity index (χ1n) is 6.87. The molecule has 0 aliphatic rings. The van der Waals surface area contributed by atoms with Gasteiger partial charge in [0, 0.05) is 36.7 Å². The van der Waals surface area contributed by atoms with Crippen molar-refractivity contribution in [1.29, 1.82) is 0 Å². The number of nitrogens with zero attached hydrogens (tertiary/aromatic N) is 2. The molecular weight excluding hydrogens is 268 g/mol. The Labute approximate surface area is 123 Å². The van der Waals surface area contributed by atoms with Gasteiger partial charge in [-0.3, -0.25) is 4.79 Å². The second-order valence-corrected chi connectivity index (χ2v) is 4.90. The minimum atomic E-state index is -0.0356. The van der Waals surface area contributed by atoms with Crippen LogP contribution in [0.2, 0.25) is 0 Å². The summed E-state index contributed by atoms with van der Waals surface area (Å²) in [6, 6.07) is 7.20. The highest BCUT2D eigenvalue weighted by atomic mass is 16.5. The number of carbonyl (C=O) groups is 1. The molecule has 0 fully saturated rings. The number of aromatic nitrogens is 2. The Hall–Kier alpha value is -2.50. The Bertz CT molecular complexity index is 569. The van der Waals surface area contributed by atoms with Crippen molar-refractivity contribution in [3.05, 3.63) is 43.0 Å². The van der Waals surface area contributed by atoms with Crippen LogP contribution >= 0.6 is 0 Å². The number of rotatable bonds is 7. The van der Waals surface area contributed by atoms with Crippen LogP contribution in [0.5, 0.6) is 5.75 Å². The molecule has 1 aromatic carbocycles. The van der Waals surface area contributed by atoms with Crippen molar-refractivity contribution in [1.82, 2.24) is 14.9 Å². The van der Waals surface area contributed by atoms with Gasteiger partial charge in [-0.2, -0.15) is 0 Å². The van der Waals surface area contributed by atoms with Crippen LogP contribution < -0.4 is 15.8 Å². The van der Waals surface area contributed by atoms with Crippen molar-refractivity contribution in [3.8, 4) is 5.75 Å². The number of nitrogen functional groups attached to an aromatic ring is 1. The van der Waals surface area contributed by atoms with E-state index < -0.39 is 0 Å². The van der Waals surface area contributed by atoms with Crippen molar-refractivity contribution in [2.75, 3.05) is 12.3 Å². The summed E-state index contributed by atoms with van der Waals surface area (Å²) in [6.07, 6.45) is 5.62. The van der Waals surface area contributed by atoms with E-state index in [0.29, 0.717) is 31.0 Å². The maximum Gasteiger partial charge on any atom is 0.223 e. The minimum absolute atomic E-state index is 0.0356. The van der Waals surface area contributed by atoms with Crippen LogP contribution in [-0.2, 0) is 11.3 Å². The molecule has 6 heteroatoms. The zero-order chi connectivity index (χ0) is 15.1. The lowest BCUT2D eigenvalue weighted by Crippen LogP contribution is -2.36. The lowest BCUT2D eigenvalue weighted by Gasteiger charge is -2.14. The molecule has 0 saturated heterocycles. The lowest BCUT2D eigenvalue weighted by molar-refractivity contribution is -0.122. The van der Waals surface area contributed by atoms with E-state index in [4.69, 9.17) is 10.5 Å². The maximum absolute atomic E-state index is 11.8. The summed E-state index contributed by atoms with van der Waals surface area (Å²) in [4.78, 5) is 15.8. The molecule has 1 heterocycles.